The molecule has 0 fully saturated rings. The van der Waals surface area contributed by atoms with Crippen molar-refractivity contribution in [1.29, 1.82) is 0 Å². The van der Waals surface area contributed by atoms with E-state index in [4.69, 9.17) is 5.11 Å². The second-order valence-corrected chi connectivity index (χ2v) is 4.80. The molecule has 0 unspecified atom stereocenters. The van der Waals surface area contributed by atoms with Crippen molar-refractivity contribution in [2.24, 2.45) is 5.41 Å². The van der Waals surface area contributed by atoms with E-state index in [9.17, 15) is 17.6 Å². The summed E-state index contributed by atoms with van der Waals surface area (Å²) in [5.74, 6) is -0.888. The number of halogens is 4. The van der Waals surface area contributed by atoms with Crippen LogP contribution in [0.5, 0.6) is 0 Å². The maximum atomic E-state index is 13.5. The number of alkyl halides is 3. The first-order valence-electron chi connectivity index (χ1n) is 5.12. The second kappa shape index (κ2) is 4.64. The molecule has 0 saturated heterocycles. The number of rotatable bonds is 3. The number of aliphatic hydroxyl groups excluding tert-OH is 1. The topological polar surface area (TPSA) is 20.2 Å². The normalized spacial score (nSPS) is 12.9. The highest BCUT2D eigenvalue weighted by atomic mass is 19.4. The molecule has 0 saturated carbocycles. The fourth-order valence-electron chi connectivity index (χ4n) is 1.44. The molecular formula is C12H14F4O. The highest BCUT2D eigenvalue weighted by molar-refractivity contribution is 5.27. The Morgan fingerprint density at radius 2 is 1.76 bits per heavy atom. The lowest BCUT2D eigenvalue weighted by atomic mass is 9.86. The van der Waals surface area contributed by atoms with Crippen LogP contribution in [0.4, 0.5) is 17.6 Å². The van der Waals surface area contributed by atoms with Crippen LogP contribution in [0.15, 0.2) is 18.2 Å². The molecule has 1 nitrogen and oxygen atoms in total. The molecule has 17 heavy (non-hydrogen) atoms. The first-order valence-corrected chi connectivity index (χ1v) is 5.12. The van der Waals surface area contributed by atoms with E-state index >= 15 is 0 Å². The molecule has 0 bridgehead atoms. The number of hydrogen-bond acceptors (Lipinski definition) is 1. The van der Waals surface area contributed by atoms with Gasteiger partial charge in [-0.15, -0.1) is 0 Å². The molecular weight excluding hydrogens is 236 g/mol. The van der Waals surface area contributed by atoms with Crippen molar-refractivity contribution in [3.63, 3.8) is 0 Å². The van der Waals surface area contributed by atoms with E-state index in [0.717, 1.165) is 12.1 Å². The van der Waals surface area contributed by atoms with E-state index in [-0.39, 0.29) is 18.6 Å². The summed E-state index contributed by atoms with van der Waals surface area (Å²) < 4.78 is 50.4. The SMILES string of the molecule is CC(C)(CO)Cc1ccc(C(F)(F)F)cc1F. The van der Waals surface area contributed by atoms with Gasteiger partial charge in [-0.25, -0.2) is 4.39 Å². The van der Waals surface area contributed by atoms with E-state index in [1.54, 1.807) is 13.8 Å². The molecule has 1 aromatic rings. The van der Waals surface area contributed by atoms with Gasteiger partial charge < -0.3 is 5.11 Å². The molecule has 0 radical (unpaired) electrons. The lowest BCUT2D eigenvalue weighted by Crippen LogP contribution is -2.20. The smallest absolute Gasteiger partial charge is 0.396 e. The number of hydrogen-bond donors (Lipinski definition) is 1. The van der Waals surface area contributed by atoms with Crippen molar-refractivity contribution in [3.05, 3.63) is 35.1 Å². The van der Waals surface area contributed by atoms with Crippen LogP contribution < -0.4 is 0 Å². The summed E-state index contributed by atoms with van der Waals surface area (Å²) in [4.78, 5) is 0. The predicted molar refractivity (Wildman–Crippen MR) is 56.0 cm³/mol. The first kappa shape index (κ1) is 14.0. The lowest BCUT2D eigenvalue weighted by molar-refractivity contribution is -0.137. The molecule has 1 aromatic carbocycles. The molecule has 1 rings (SSSR count). The molecule has 0 heterocycles. The van der Waals surface area contributed by atoms with Crippen molar-refractivity contribution >= 4 is 0 Å². The van der Waals surface area contributed by atoms with E-state index in [1.807, 2.05) is 0 Å². The molecule has 0 aliphatic heterocycles. The van der Waals surface area contributed by atoms with Crippen molar-refractivity contribution in [2.75, 3.05) is 6.61 Å². The first-order chi connectivity index (χ1) is 7.65. The predicted octanol–water partition coefficient (Wildman–Crippen LogP) is 3.41. The van der Waals surface area contributed by atoms with Crippen LogP contribution in [0, 0.1) is 11.2 Å². The zero-order valence-electron chi connectivity index (χ0n) is 9.61. The fraction of sp³-hybridized carbons (Fsp3) is 0.500. The highest BCUT2D eigenvalue weighted by Crippen LogP contribution is 2.31. The average molecular weight is 250 g/mol. The summed E-state index contributed by atoms with van der Waals surface area (Å²) in [5, 5.41) is 9.03. The van der Waals surface area contributed by atoms with E-state index < -0.39 is 23.0 Å². The Morgan fingerprint density at radius 3 is 2.18 bits per heavy atom. The Balaban J connectivity index is 2.99. The minimum Gasteiger partial charge on any atom is -0.396 e. The molecule has 0 atom stereocenters. The molecule has 0 aliphatic carbocycles. The van der Waals surface area contributed by atoms with Crippen LogP contribution >= 0.6 is 0 Å². The molecule has 0 aromatic heterocycles. The third kappa shape index (κ3) is 3.70. The Morgan fingerprint density at radius 1 is 1.18 bits per heavy atom. The Labute approximate surface area is 97.1 Å². The van der Waals surface area contributed by atoms with Crippen molar-refractivity contribution in [2.45, 2.75) is 26.4 Å². The van der Waals surface area contributed by atoms with Gasteiger partial charge in [0.1, 0.15) is 5.82 Å². The molecule has 0 amide bonds. The van der Waals surface area contributed by atoms with Crippen molar-refractivity contribution in [3.8, 4) is 0 Å². The molecule has 5 heteroatoms. The van der Waals surface area contributed by atoms with Crippen LogP contribution in [0.3, 0.4) is 0 Å². The summed E-state index contributed by atoms with van der Waals surface area (Å²) in [6.45, 7) is 3.27. The van der Waals surface area contributed by atoms with Gasteiger partial charge in [0.25, 0.3) is 0 Å². The second-order valence-electron chi connectivity index (χ2n) is 4.80. The lowest BCUT2D eigenvalue weighted by Gasteiger charge is -2.22. The van der Waals surface area contributed by atoms with Crippen molar-refractivity contribution in [1.82, 2.24) is 0 Å². The van der Waals surface area contributed by atoms with Crippen LogP contribution in [0.2, 0.25) is 0 Å². The molecule has 1 N–H and O–H groups in total. The van der Waals surface area contributed by atoms with E-state index in [2.05, 4.69) is 0 Å². The Kier molecular flexibility index (Phi) is 3.81. The third-order valence-electron chi connectivity index (χ3n) is 2.48. The maximum absolute atomic E-state index is 13.5. The van der Waals surface area contributed by atoms with Gasteiger partial charge >= 0.3 is 6.18 Å². The quantitative estimate of drug-likeness (QED) is 0.815. The van der Waals surface area contributed by atoms with Gasteiger partial charge in [0.15, 0.2) is 0 Å². The van der Waals surface area contributed by atoms with Crippen molar-refractivity contribution < 1.29 is 22.7 Å². The molecule has 0 aliphatic rings. The van der Waals surface area contributed by atoms with Gasteiger partial charge in [-0.1, -0.05) is 19.9 Å². The average Bonchev–Trinajstić information content (AvgIpc) is 2.19. The summed E-state index contributed by atoms with van der Waals surface area (Å²) in [5.41, 5.74) is -1.38. The Bertz CT molecular complexity index is 396. The van der Waals surface area contributed by atoms with E-state index in [0.29, 0.717) is 6.07 Å². The standard InChI is InChI=1S/C12H14F4O/c1-11(2,7-17)6-8-3-4-9(5-10(8)13)12(14,15)16/h3-5,17H,6-7H2,1-2H3. The zero-order chi connectivity index (χ0) is 13.3. The van der Waals surface area contributed by atoms with Crippen LogP contribution in [-0.2, 0) is 12.6 Å². The van der Waals surface area contributed by atoms with Crippen LogP contribution in [0.25, 0.3) is 0 Å². The number of benzene rings is 1. The van der Waals surface area contributed by atoms with Gasteiger partial charge in [0, 0.05) is 6.61 Å². The molecule has 96 valence electrons. The largest absolute Gasteiger partial charge is 0.416 e. The highest BCUT2D eigenvalue weighted by Gasteiger charge is 2.31. The van der Waals surface area contributed by atoms with Gasteiger partial charge in [0.05, 0.1) is 5.56 Å². The number of aliphatic hydroxyl groups is 1. The molecule has 0 spiro atoms. The van der Waals surface area contributed by atoms with Gasteiger partial charge in [0.2, 0.25) is 0 Å². The minimum absolute atomic E-state index is 0.159. The summed E-state index contributed by atoms with van der Waals surface area (Å²) in [7, 11) is 0. The van der Waals surface area contributed by atoms with E-state index in [1.165, 1.54) is 0 Å². The maximum Gasteiger partial charge on any atom is 0.416 e. The van der Waals surface area contributed by atoms with Gasteiger partial charge in [-0.2, -0.15) is 13.2 Å². The Hall–Kier alpha value is -1.10. The summed E-state index contributed by atoms with van der Waals surface area (Å²) >= 11 is 0. The zero-order valence-corrected chi connectivity index (χ0v) is 9.61. The van der Waals surface area contributed by atoms with Gasteiger partial charge in [-0.05, 0) is 29.5 Å². The third-order valence-corrected chi connectivity index (χ3v) is 2.48. The summed E-state index contributed by atoms with van der Waals surface area (Å²) in [6, 6.07) is 2.46. The van der Waals surface area contributed by atoms with Crippen LogP contribution in [-0.4, -0.2) is 11.7 Å². The van der Waals surface area contributed by atoms with Gasteiger partial charge in [-0.3, -0.25) is 0 Å². The van der Waals surface area contributed by atoms with Crippen LogP contribution in [0.1, 0.15) is 25.0 Å². The fourth-order valence-corrected chi connectivity index (χ4v) is 1.44. The monoisotopic (exact) mass is 250 g/mol. The summed E-state index contributed by atoms with van der Waals surface area (Å²) in [6.07, 6.45) is -4.35. The minimum atomic E-state index is -4.54.